The summed E-state index contributed by atoms with van der Waals surface area (Å²) in [6.45, 7) is 2.57. The van der Waals surface area contributed by atoms with Crippen molar-refractivity contribution in [1.29, 1.82) is 0 Å². The number of unbranched alkanes of at least 4 members (excludes halogenated alkanes) is 1. The fourth-order valence-electron chi connectivity index (χ4n) is 4.61. The number of allylic oxidation sites excluding steroid dienone is 1. The lowest BCUT2D eigenvalue weighted by molar-refractivity contribution is -0.117. The summed E-state index contributed by atoms with van der Waals surface area (Å²) in [4.78, 5) is 28.5. The van der Waals surface area contributed by atoms with Crippen LogP contribution in [0.2, 0.25) is 0 Å². The van der Waals surface area contributed by atoms with Crippen molar-refractivity contribution in [2.45, 2.75) is 35.9 Å². The van der Waals surface area contributed by atoms with E-state index in [1.54, 1.807) is 42.5 Å². The number of ether oxygens (including phenoxy) is 2. The topological polar surface area (TPSA) is 102 Å². The zero-order valence-electron chi connectivity index (χ0n) is 24.1. The quantitative estimate of drug-likeness (QED) is 0.0708. The van der Waals surface area contributed by atoms with Crippen molar-refractivity contribution in [2.75, 3.05) is 18.6 Å². The normalized spacial score (nSPS) is 14.9. The highest BCUT2D eigenvalue weighted by molar-refractivity contribution is 8.00. The number of hydrogen-bond acceptors (Lipinski definition) is 9. The average Bonchev–Trinajstić information content (AvgIpc) is 3.61. The Morgan fingerprint density at radius 2 is 1.86 bits per heavy atom. The van der Waals surface area contributed by atoms with Gasteiger partial charge in [0, 0.05) is 5.75 Å². The summed E-state index contributed by atoms with van der Waals surface area (Å²) in [5, 5.41) is 19.7. The lowest BCUT2D eigenvalue weighted by atomic mass is 9.95. The molecule has 1 aliphatic rings. The van der Waals surface area contributed by atoms with Gasteiger partial charge in [0.05, 0.1) is 25.3 Å². The maximum atomic E-state index is 14.2. The molecule has 1 N–H and O–H groups in total. The van der Waals surface area contributed by atoms with Crippen molar-refractivity contribution in [1.82, 2.24) is 10.2 Å². The van der Waals surface area contributed by atoms with Gasteiger partial charge in [-0.15, -0.1) is 10.2 Å². The Balaban J connectivity index is 1.50. The first-order chi connectivity index (χ1) is 21.4. The van der Waals surface area contributed by atoms with Gasteiger partial charge in [-0.05, 0) is 47.4 Å². The van der Waals surface area contributed by atoms with Crippen molar-refractivity contribution in [2.24, 2.45) is 0 Å². The molecular weight excluding hydrogens is 602 g/mol. The molecule has 3 aromatic carbocycles. The van der Waals surface area contributed by atoms with Crippen LogP contribution in [0.3, 0.4) is 0 Å². The molecule has 1 unspecified atom stereocenters. The summed E-state index contributed by atoms with van der Waals surface area (Å²) in [6, 6.07) is 19.8. The number of aromatic nitrogens is 2. The molecule has 0 bridgehead atoms. The monoisotopic (exact) mass is 631 g/mol. The molecule has 1 aromatic heterocycles. The fraction of sp³-hybridized carbons (Fsp3) is 0.212. The number of nitrogens with zero attached hydrogens (tertiary/aromatic N) is 3. The van der Waals surface area contributed by atoms with E-state index in [4.69, 9.17) is 9.47 Å². The minimum Gasteiger partial charge on any atom is -0.503 e. The van der Waals surface area contributed by atoms with Crippen LogP contribution in [-0.4, -0.2) is 40.7 Å². The van der Waals surface area contributed by atoms with Crippen LogP contribution in [0.4, 0.5) is 9.52 Å². The van der Waals surface area contributed by atoms with E-state index in [0.29, 0.717) is 39.3 Å². The second-order valence-electron chi connectivity index (χ2n) is 9.79. The third-order valence-corrected chi connectivity index (χ3v) is 8.97. The molecule has 226 valence electrons. The predicted molar refractivity (Wildman–Crippen MR) is 170 cm³/mol. The van der Waals surface area contributed by atoms with Crippen molar-refractivity contribution in [3.05, 3.63) is 113 Å². The molecule has 2 heterocycles. The molecule has 0 saturated heterocycles. The standard InChI is InChI=1S/C33H30FN3O5S2/c1-3-4-18-42-26-17-15-22(19-27(26)41-2)29-28(25(38)16-14-21-10-6-5-7-11-21)30(39)31(40)37(29)32-35-36-33(44-32)43-20-23-12-8-9-13-24(23)34/h5-17,19,29,39H,3-4,18,20H2,1-2H3. The largest absolute Gasteiger partial charge is 0.503 e. The van der Waals surface area contributed by atoms with Gasteiger partial charge in [0.1, 0.15) is 5.82 Å². The third kappa shape index (κ3) is 6.84. The van der Waals surface area contributed by atoms with Crippen molar-refractivity contribution in [3.63, 3.8) is 0 Å². The summed E-state index contributed by atoms with van der Waals surface area (Å²) in [6.07, 6.45) is 4.79. The number of aliphatic hydroxyl groups is 1. The molecule has 1 aliphatic heterocycles. The van der Waals surface area contributed by atoms with E-state index in [9.17, 15) is 19.1 Å². The molecule has 44 heavy (non-hydrogen) atoms. The predicted octanol–water partition coefficient (Wildman–Crippen LogP) is 7.34. The highest BCUT2D eigenvalue weighted by Crippen LogP contribution is 2.45. The van der Waals surface area contributed by atoms with Crippen LogP contribution in [0.25, 0.3) is 6.08 Å². The summed E-state index contributed by atoms with van der Waals surface area (Å²) >= 11 is 2.38. The van der Waals surface area contributed by atoms with Gasteiger partial charge in [-0.25, -0.2) is 4.39 Å². The number of rotatable bonds is 13. The van der Waals surface area contributed by atoms with Gasteiger partial charge in [0.15, 0.2) is 27.4 Å². The summed E-state index contributed by atoms with van der Waals surface area (Å²) in [7, 11) is 1.51. The Morgan fingerprint density at radius 1 is 1.09 bits per heavy atom. The van der Waals surface area contributed by atoms with E-state index in [1.807, 2.05) is 30.3 Å². The Hall–Kier alpha value is -4.48. The second kappa shape index (κ2) is 14.3. The molecule has 1 amide bonds. The van der Waals surface area contributed by atoms with Gasteiger partial charge in [-0.2, -0.15) is 0 Å². The van der Waals surface area contributed by atoms with E-state index in [1.165, 1.54) is 35.9 Å². The van der Waals surface area contributed by atoms with E-state index >= 15 is 0 Å². The highest BCUT2D eigenvalue weighted by atomic mass is 32.2. The summed E-state index contributed by atoms with van der Waals surface area (Å²) in [5.41, 5.74) is 1.71. The molecule has 0 aliphatic carbocycles. The molecule has 0 fully saturated rings. The van der Waals surface area contributed by atoms with Crippen LogP contribution in [0.5, 0.6) is 11.5 Å². The Bertz CT molecular complexity index is 1710. The number of anilines is 1. The molecule has 11 heteroatoms. The van der Waals surface area contributed by atoms with Gasteiger partial charge in [-0.1, -0.05) is 97.1 Å². The summed E-state index contributed by atoms with van der Waals surface area (Å²) < 4.78 is 26.1. The van der Waals surface area contributed by atoms with E-state index in [-0.39, 0.29) is 16.5 Å². The maximum absolute atomic E-state index is 14.2. The number of halogens is 1. The number of methoxy groups -OCH3 is 1. The number of benzene rings is 3. The number of thioether (sulfide) groups is 1. The maximum Gasteiger partial charge on any atom is 0.296 e. The van der Waals surface area contributed by atoms with Gasteiger partial charge in [0.25, 0.3) is 5.91 Å². The minimum atomic E-state index is -1.02. The van der Waals surface area contributed by atoms with Crippen molar-refractivity contribution >= 4 is 46.0 Å². The van der Waals surface area contributed by atoms with Crippen molar-refractivity contribution in [3.8, 4) is 11.5 Å². The first-order valence-electron chi connectivity index (χ1n) is 14.0. The van der Waals surface area contributed by atoms with Crippen molar-refractivity contribution < 1.29 is 28.6 Å². The SMILES string of the molecule is CCCCOc1ccc(C2C(C(=O)C=Cc3ccccc3)=C(O)C(=O)N2c2nnc(SCc3ccccc3F)s2)cc1OC. The van der Waals surface area contributed by atoms with E-state index in [2.05, 4.69) is 17.1 Å². The first-order valence-corrected chi connectivity index (χ1v) is 15.8. The Kier molecular flexibility index (Phi) is 10.1. The van der Waals surface area contributed by atoms with Gasteiger partial charge >= 0.3 is 0 Å². The van der Waals surface area contributed by atoms with E-state index in [0.717, 1.165) is 29.7 Å². The summed E-state index contributed by atoms with van der Waals surface area (Å²) in [5.74, 6) is -1.06. The smallest absolute Gasteiger partial charge is 0.296 e. The Labute approximate surface area is 262 Å². The van der Waals surface area contributed by atoms with Crippen LogP contribution in [0.15, 0.2) is 94.5 Å². The molecule has 0 radical (unpaired) electrons. The molecule has 0 saturated carbocycles. The van der Waals surface area contributed by atoms with Gasteiger partial charge in [0.2, 0.25) is 5.13 Å². The lowest BCUT2D eigenvalue weighted by Crippen LogP contribution is -2.30. The number of ketones is 1. The molecule has 8 nitrogen and oxygen atoms in total. The zero-order valence-corrected chi connectivity index (χ0v) is 25.7. The number of amides is 1. The Morgan fingerprint density at radius 3 is 2.61 bits per heavy atom. The van der Waals surface area contributed by atoms with Crippen LogP contribution in [0.1, 0.15) is 42.5 Å². The van der Waals surface area contributed by atoms with Gasteiger partial charge in [-0.3, -0.25) is 14.5 Å². The lowest BCUT2D eigenvalue weighted by Gasteiger charge is -2.24. The zero-order chi connectivity index (χ0) is 31.1. The molecule has 4 aromatic rings. The van der Waals surface area contributed by atoms with Crippen LogP contribution in [-0.2, 0) is 15.3 Å². The minimum absolute atomic E-state index is 0.0976. The number of aliphatic hydroxyl groups excluding tert-OH is 1. The molecule has 1 atom stereocenters. The number of hydrogen-bond donors (Lipinski definition) is 1. The molecule has 0 spiro atoms. The fourth-order valence-corrected chi connectivity index (χ4v) is 6.46. The number of carbonyl (C=O) groups is 2. The number of carbonyl (C=O) groups excluding carboxylic acids is 2. The van der Waals surface area contributed by atoms with Gasteiger partial charge < -0.3 is 14.6 Å². The van der Waals surface area contributed by atoms with E-state index < -0.39 is 23.5 Å². The molecular formula is C33H30FN3O5S2. The van der Waals surface area contributed by atoms with Crippen LogP contribution in [0, 0.1) is 5.82 Å². The second-order valence-corrected chi connectivity index (χ2v) is 12.0. The first kappa shape index (κ1) is 31.0. The average molecular weight is 632 g/mol. The molecule has 5 rings (SSSR count). The highest BCUT2D eigenvalue weighted by Gasteiger charge is 2.45. The third-order valence-electron chi connectivity index (χ3n) is 6.87. The van der Waals surface area contributed by atoms with Crippen LogP contribution < -0.4 is 14.4 Å². The van der Waals surface area contributed by atoms with Crippen LogP contribution >= 0.6 is 23.1 Å².